The maximum absolute atomic E-state index is 12.4. The summed E-state index contributed by atoms with van der Waals surface area (Å²) in [5.74, 6) is 0.248. The third-order valence-corrected chi connectivity index (χ3v) is 4.14. The summed E-state index contributed by atoms with van der Waals surface area (Å²) < 4.78 is 5.63. The van der Waals surface area contributed by atoms with Crippen molar-refractivity contribution in [3.05, 3.63) is 64.7 Å². The van der Waals surface area contributed by atoms with Crippen LogP contribution in [0.3, 0.4) is 0 Å². The van der Waals surface area contributed by atoms with Crippen LogP contribution in [0.25, 0.3) is 0 Å². The number of carbonyl (C=O) groups excluding carboxylic acids is 2. The normalized spacial score (nSPS) is 14.8. The van der Waals surface area contributed by atoms with E-state index in [0.717, 1.165) is 0 Å². The molecule has 1 aliphatic rings. The van der Waals surface area contributed by atoms with Gasteiger partial charge in [-0.2, -0.15) is 0 Å². The third kappa shape index (κ3) is 3.08. The Kier molecular flexibility index (Phi) is 4.35. The number of fused-ring (bicyclic) bond motifs is 1. The van der Waals surface area contributed by atoms with E-state index in [2.05, 4.69) is 0 Å². The summed E-state index contributed by atoms with van der Waals surface area (Å²) in [5, 5.41) is 0.650. The Morgan fingerprint density at radius 2 is 1.57 bits per heavy atom. The van der Waals surface area contributed by atoms with Crippen LogP contribution < -0.4 is 4.74 Å². The molecule has 23 heavy (non-hydrogen) atoms. The zero-order valence-corrected chi connectivity index (χ0v) is 13.4. The lowest BCUT2D eigenvalue weighted by Crippen LogP contribution is -2.38. The molecule has 0 aliphatic carbocycles. The molecule has 0 unspecified atom stereocenters. The van der Waals surface area contributed by atoms with E-state index < -0.39 is 0 Å². The number of halogens is 1. The second-order valence-electron chi connectivity index (χ2n) is 5.47. The minimum Gasteiger partial charge on any atom is -0.494 e. The van der Waals surface area contributed by atoms with Gasteiger partial charge in [0.1, 0.15) is 5.75 Å². The summed E-state index contributed by atoms with van der Waals surface area (Å²) in [6, 6.07) is 13.8. The Balaban J connectivity index is 1.61. The first-order valence-electron chi connectivity index (χ1n) is 7.43. The molecule has 0 aromatic heterocycles. The van der Waals surface area contributed by atoms with Gasteiger partial charge < -0.3 is 4.74 Å². The van der Waals surface area contributed by atoms with Crippen LogP contribution in [0, 0.1) is 0 Å². The molecule has 2 aromatic carbocycles. The fraction of sp³-hybridized carbons (Fsp3) is 0.222. The summed E-state index contributed by atoms with van der Waals surface area (Å²) in [6.07, 6.45) is 0.564. The van der Waals surface area contributed by atoms with E-state index in [4.69, 9.17) is 16.3 Å². The van der Waals surface area contributed by atoms with Crippen molar-refractivity contribution in [1.82, 2.24) is 4.90 Å². The summed E-state index contributed by atoms with van der Waals surface area (Å²) >= 11 is 5.82. The van der Waals surface area contributed by atoms with Crippen LogP contribution in [-0.2, 0) is 0 Å². The van der Waals surface area contributed by atoms with Gasteiger partial charge in [0.2, 0.25) is 0 Å². The molecule has 0 spiro atoms. The van der Waals surface area contributed by atoms with Gasteiger partial charge in [0.25, 0.3) is 11.8 Å². The highest BCUT2D eigenvalue weighted by atomic mass is 35.5. The molecule has 0 saturated heterocycles. The number of rotatable bonds is 5. The molecule has 1 atom stereocenters. The van der Waals surface area contributed by atoms with Gasteiger partial charge in [-0.25, -0.2) is 0 Å². The second kappa shape index (κ2) is 6.42. The van der Waals surface area contributed by atoms with Crippen LogP contribution in [0.5, 0.6) is 5.75 Å². The summed E-state index contributed by atoms with van der Waals surface area (Å²) in [5.41, 5.74) is 0.950. The van der Waals surface area contributed by atoms with Crippen molar-refractivity contribution in [3.63, 3.8) is 0 Å². The molecule has 0 saturated carbocycles. The topological polar surface area (TPSA) is 46.6 Å². The number of ether oxygens (including phenoxy) is 1. The van der Waals surface area contributed by atoms with Crippen LogP contribution in [0.4, 0.5) is 0 Å². The van der Waals surface area contributed by atoms with Crippen LogP contribution in [-0.4, -0.2) is 29.4 Å². The zero-order chi connectivity index (χ0) is 16.4. The lowest BCUT2D eigenvalue weighted by molar-refractivity contribution is 0.0579. The predicted octanol–water partition coefficient (Wildman–Crippen LogP) is 3.79. The van der Waals surface area contributed by atoms with E-state index >= 15 is 0 Å². The number of hydrogen-bond donors (Lipinski definition) is 0. The number of imide groups is 1. The Morgan fingerprint density at radius 3 is 2.13 bits per heavy atom. The zero-order valence-electron chi connectivity index (χ0n) is 12.7. The average Bonchev–Trinajstić information content (AvgIpc) is 2.81. The maximum atomic E-state index is 12.4. The van der Waals surface area contributed by atoms with Gasteiger partial charge in [-0.3, -0.25) is 14.5 Å². The van der Waals surface area contributed by atoms with Gasteiger partial charge in [-0.1, -0.05) is 23.7 Å². The van der Waals surface area contributed by atoms with Crippen molar-refractivity contribution in [2.24, 2.45) is 0 Å². The molecule has 0 N–H and O–H groups in total. The number of nitrogens with zero attached hydrogens (tertiary/aromatic N) is 1. The molecule has 0 radical (unpaired) electrons. The van der Waals surface area contributed by atoms with E-state index in [-0.39, 0.29) is 17.9 Å². The number of carbonyl (C=O) groups is 2. The predicted molar refractivity (Wildman–Crippen MR) is 88.0 cm³/mol. The van der Waals surface area contributed by atoms with Gasteiger partial charge in [-0.15, -0.1) is 0 Å². The minimum absolute atomic E-state index is 0.227. The Labute approximate surface area is 139 Å². The first kappa shape index (κ1) is 15.6. The first-order valence-corrected chi connectivity index (χ1v) is 7.81. The molecule has 2 amide bonds. The van der Waals surface area contributed by atoms with E-state index in [1.54, 1.807) is 48.5 Å². The Bertz CT molecular complexity index is 707. The molecule has 1 aliphatic heterocycles. The quantitative estimate of drug-likeness (QED) is 0.784. The molecular weight excluding hydrogens is 314 g/mol. The Morgan fingerprint density at radius 1 is 1.00 bits per heavy atom. The molecule has 2 aromatic rings. The highest BCUT2D eigenvalue weighted by molar-refractivity contribution is 6.30. The standard InChI is InChI=1S/C18H16ClNO3/c1-12(10-11-23-14-8-6-13(19)7-9-14)20-17(21)15-4-2-3-5-16(15)18(20)22/h2-9,12H,10-11H2,1H3/t12-/m1/s1. The SMILES string of the molecule is C[C@H](CCOc1ccc(Cl)cc1)N1C(=O)c2ccccc2C1=O. The van der Waals surface area contributed by atoms with E-state index in [1.807, 2.05) is 6.92 Å². The molecule has 4 nitrogen and oxygen atoms in total. The van der Waals surface area contributed by atoms with Crippen LogP contribution in [0.2, 0.25) is 5.02 Å². The summed E-state index contributed by atoms with van der Waals surface area (Å²) in [6.45, 7) is 2.27. The van der Waals surface area contributed by atoms with Crippen molar-refractivity contribution in [2.75, 3.05) is 6.61 Å². The monoisotopic (exact) mass is 329 g/mol. The molecule has 3 rings (SSSR count). The third-order valence-electron chi connectivity index (χ3n) is 3.88. The smallest absolute Gasteiger partial charge is 0.261 e. The van der Waals surface area contributed by atoms with Gasteiger partial charge in [0.15, 0.2) is 0 Å². The fourth-order valence-corrected chi connectivity index (χ4v) is 2.74. The number of benzene rings is 2. The highest BCUT2D eigenvalue weighted by Crippen LogP contribution is 2.25. The highest BCUT2D eigenvalue weighted by Gasteiger charge is 2.37. The van der Waals surface area contributed by atoms with Gasteiger partial charge in [0, 0.05) is 17.5 Å². The van der Waals surface area contributed by atoms with Gasteiger partial charge in [-0.05, 0) is 43.3 Å². The first-order chi connectivity index (χ1) is 11.1. The van der Waals surface area contributed by atoms with Crippen molar-refractivity contribution in [2.45, 2.75) is 19.4 Å². The van der Waals surface area contributed by atoms with E-state index in [1.165, 1.54) is 4.90 Å². The average molecular weight is 330 g/mol. The van der Waals surface area contributed by atoms with Gasteiger partial charge in [0.05, 0.1) is 17.7 Å². The summed E-state index contributed by atoms with van der Waals surface area (Å²) in [7, 11) is 0. The van der Waals surface area contributed by atoms with Crippen molar-refractivity contribution < 1.29 is 14.3 Å². The van der Waals surface area contributed by atoms with Crippen LogP contribution in [0.1, 0.15) is 34.1 Å². The maximum Gasteiger partial charge on any atom is 0.261 e. The minimum atomic E-state index is -0.232. The summed E-state index contributed by atoms with van der Waals surface area (Å²) in [4.78, 5) is 26.1. The molecular formula is C18H16ClNO3. The molecule has 0 bridgehead atoms. The molecule has 118 valence electrons. The molecule has 0 fully saturated rings. The van der Waals surface area contributed by atoms with E-state index in [0.29, 0.717) is 34.9 Å². The Hall–Kier alpha value is -2.33. The largest absolute Gasteiger partial charge is 0.494 e. The van der Waals surface area contributed by atoms with Crippen LogP contribution >= 0.6 is 11.6 Å². The molecule has 5 heteroatoms. The molecule has 1 heterocycles. The van der Waals surface area contributed by atoms with Crippen molar-refractivity contribution >= 4 is 23.4 Å². The fourth-order valence-electron chi connectivity index (χ4n) is 2.62. The number of hydrogen-bond acceptors (Lipinski definition) is 3. The number of amides is 2. The lowest BCUT2D eigenvalue weighted by Gasteiger charge is -2.22. The van der Waals surface area contributed by atoms with Gasteiger partial charge >= 0.3 is 0 Å². The van der Waals surface area contributed by atoms with Crippen molar-refractivity contribution in [1.29, 1.82) is 0 Å². The second-order valence-corrected chi connectivity index (χ2v) is 5.90. The van der Waals surface area contributed by atoms with Crippen molar-refractivity contribution in [3.8, 4) is 5.75 Å². The van der Waals surface area contributed by atoms with Crippen LogP contribution in [0.15, 0.2) is 48.5 Å². The van der Waals surface area contributed by atoms with E-state index in [9.17, 15) is 9.59 Å². The lowest BCUT2D eigenvalue weighted by atomic mass is 10.1.